The Balaban J connectivity index is 0.00000225. The Morgan fingerprint density at radius 1 is 1.16 bits per heavy atom. The van der Waals surface area contributed by atoms with E-state index in [2.05, 4.69) is 24.0 Å². The van der Waals surface area contributed by atoms with Crippen molar-refractivity contribution in [3.8, 4) is 0 Å². The first-order valence-electron chi connectivity index (χ1n) is 8.85. The van der Waals surface area contributed by atoms with Crippen LogP contribution in [0.25, 0.3) is 0 Å². The molecule has 2 atom stereocenters. The average molecular weight is 385 g/mol. The average Bonchev–Trinajstić information content (AvgIpc) is 3.04. The summed E-state index contributed by atoms with van der Waals surface area (Å²) in [6.07, 6.45) is 7.60. The van der Waals surface area contributed by atoms with Gasteiger partial charge in [-0.3, -0.25) is 4.90 Å². The van der Waals surface area contributed by atoms with Crippen molar-refractivity contribution in [3.63, 3.8) is 0 Å². The van der Waals surface area contributed by atoms with E-state index in [1.807, 2.05) is 13.0 Å². The van der Waals surface area contributed by atoms with Crippen molar-refractivity contribution in [2.45, 2.75) is 50.1 Å². The number of hydrogen-bond acceptors (Lipinski definition) is 3. The second-order valence-corrected chi connectivity index (χ2v) is 9.31. The summed E-state index contributed by atoms with van der Waals surface area (Å²) in [5.74, 6) is 0.812. The number of halogens is 1. The number of hydrogen-bond donors (Lipinski definition) is 0. The molecule has 0 bridgehead atoms. The summed E-state index contributed by atoms with van der Waals surface area (Å²) in [5, 5.41) is 0. The molecule has 3 rings (SSSR count). The Hall–Kier alpha value is -0.880. The standard InChI is InChI=1S/C19H28N2O2S.ClH/c1-15-9-11-21(12-10-15)18-8-7-17(14-18)20(3)24(22,23)19-6-4-5-16(2)13-19;/h4-8,13,15,17-18H,9-12,14H2,1-3H3;1H. The SMILES string of the molecule is Cc1cccc(S(=O)(=O)N(C)C2C=CC(N3CCC(C)CC3)C2)c1.Cl. The van der Waals surface area contributed by atoms with E-state index >= 15 is 0 Å². The summed E-state index contributed by atoms with van der Waals surface area (Å²) in [4.78, 5) is 2.89. The smallest absolute Gasteiger partial charge is 0.243 e. The van der Waals surface area contributed by atoms with Gasteiger partial charge >= 0.3 is 0 Å². The Kier molecular flexibility index (Phi) is 6.71. The fourth-order valence-corrected chi connectivity index (χ4v) is 5.11. The van der Waals surface area contributed by atoms with E-state index in [9.17, 15) is 8.42 Å². The lowest BCUT2D eigenvalue weighted by Crippen LogP contribution is -2.42. The maximum atomic E-state index is 12.9. The van der Waals surface area contributed by atoms with Gasteiger partial charge in [0, 0.05) is 19.1 Å². The maximum absolute atomic E-state index is 12.9. The van der Waals surface area contributed by atoms with E-state index in [0.717, 1.165) is 31.0 Å². The first-order valence-corrected chi connectivity index (χ1v) is 10.3. The highest BCUT2D eigenvalue weighted by Crippen LogP contribution is 2.28. The molecule has 0 N–H and O–H groups in total. The number of likely N-dealkylation sites (tertiary alicyclic amines) is 1. The highest BCUT2D eigenvalue weighted by molar-refractivity contribution is 7.89. The number of likely N-dealkylation sites (N-methyl/N-ethyl adjacent to an activating group) is 1. The molecule has 2 unspecified atom stereocenters. The molecule has 0 spiro atoms. The highest BCUT2D eigenvalue weighted by atomic mass is 35.5. The lowest BCUT2D eigenvalue weighted by molar-refractivity contribution is 0.153. The van der Waals surface area contributed by atoms with Gasteiger partial charge in [0.05, 0.1) is 4.90 Å². The minimum absolute atomic E-state index is 0. The van der Waals surface area contributed by atoms with Crippen molar-refractivity contribution in [2.24, 2.45) is 5.92 Å². The predicted octanol–water partition coefficient (Wildman–Crippen LogP) is 3.47. The Morgan fingerprint density at radius 2 is 1.84 bits per heavy atom. The zero-order chi connectivity index (χ0) is 17.3. The van der Waals surface area contributed by atoms with Crippen LogP contribution in [-0.4, -0.2) is 49.8 Å². The lowest BCUT2D eigenvalue weighted by atomic mass is 9.97. The third-order valence-electron chi connectivity index (χ3n) is 5.46. The third kappa shape index (κ3) is 4.45. The van der Waals surface area contributed by atoms with Gasteiger partial charge in [-0.2, -0.15) is 4.31 Å². The second kappa shape index (κ2) is 8.21. The molecular formula is C19H29ClN2O2S. The van der Waals surface area contributed by atoms with Gasteiger partial charge in [-0.05, 0) is 62.9 Å². The Labute approximate surface area is 158 Å². The first-order chi connectivity index (χ1) is 11.4. The molecule has 1 heterocycles. The van der Waals surface area contributed by atoms with E-state index in [1.54, 1.807) is 25.2 Å². The molecule has 1 aromatic carbocycles. The van der Waals surface area contributed by atoms with Crippen LogP contribution in [0.3, 0.4) is 0 Å². The molecule has 140 valence electrons. The Morgan fingerprint density at radius 3 is 2.48 bits per heavy atom. The van der Waals surface area contributed by atoms with Crippen molar-refractivity contribution in [1.82, 2.24) is 9.21 Å². The summed E-state index contributed by atoms with van der Waals surface area (Å²) in [5.41, 5.74) is 0.965. The van der Waals surface area contributed by atoms with Gasteiger partial charge in [0.1, 0.15) is 0 Å². The molecule has 1 saturated heterocycles. The summed E-state index contributed by atoms with van der Waals surface area (Å²) in [7, 11) is -1.74. The van der Waals surface area contributed by atoms with Crippen LogP contribution < -0.4 is 0 Å². The molecule has 2 aliphatic rings. The zero-order valence-electron chi connectivity index (χ0n) is 15.3. The number of rotatable bonds is 4. The minimum atomic E-state index is -3.44. The largest absolute Gasteiger partial charge is 0.297 e. The molecule has 1 aromatic rings. The molecule has 4 nitrogen and oxygen atoms in total. The van der Waals surface area contributed by atoms with Crippen molar-refractivity contribution < 1.29 is 8.42 Å². The van der Waals surface area contributed by atoms with Crippen LogP contribution >= 0.6 is 12.4 Å². The number of piperidine rings is 1. The molecule has 0 saturated carbocycles. The lowest BCUT2D eigenvalue weighted by Gasteiger charge is -2.35. The van der Waals surface area contributed by atoms with Crippen molar-refractivity contribution in [1.29, 1.82) is 0 Å². The fourth-order valence-electron chi connectivity index (χ4n) is 3.68. The molecule has 6 heteroatoms. The summed E-state index contributed by atoms with van der Waals surface area (Å²) in [6, 6.07) is 7.47. The molecular weight excluding hydrogens is 356 g/mol. The first kappa shape index (κ1) is 20.4. The predicted molar refractivity (Wildman–Crippen MR) is 105 cm³/mol. The molecule has 1 aliphatic carbocycles. The van der Waals surface area contributed by atoms with Crippen LogP contribution in [0, 0.1) is 12.8 Å². The molecule has 0 aromatic heterocycles. The molecule has 1 fully saturated rings. The van der Waals surface area contributed by atoms with Crippen LogP contribution in [0.5, 0.6) is 0 Å². The van der Waals surface area contributed by atoms with Crippen LogP contribution in [0.1, 0.15) is 31.7 Å². The Bertz CT molecular complexity index is 712. The van der Waals surface area contributed by atoms with Crippen molar-refractivity contribution >= 4 is 22.4 Å². The van der Waals surface area contributed by atoms with E-state index < -0.39 is 10.0 Å². The molecule has 0 radical (unpaired) electrons. The highest BCUT2D eigenvalue weighted by Gasteiger charge is 2.33. The fraction of sp³-hybridized carbons (Fsp3) is 0.579. The molecule has 1 aliphatic heterocycles. The quantitative estimate of drug-likeness (QED) is 0.746. The van der Waals surface area contributed by atoms with E-state index in [1.165, 1.54) is 17.1 Å². The summed E-state index contributed by atoms with van der Waals surface area (Å²) >= 11 is 0. The second-order valence-electron chi connectivity index (χ2n) is 7.31. The monoisotopic (exact) mass is 384 g/mol. The zero-order valence-corrected chi connectivity index (χ0v) is 16.9. The minimum Gasteiger partial charge on any atom is -0.297 e. The van der Waals surface area contributed by atoms with Crippen LogP contribution in [0.15, 0.2) is 41.3 Å². The van der Waals surface area contributed by atoms with Gasteiger partial charge in [-0.1, -0.05) is 31.2 Å². The van der Waals surface area contributed by atoms with Gasteiger partial charge in [-0.15, -0.1) is 12.4 Å². The van der Waals surface area contributed by atoms with Crippen LogP contribution in [0.4, 0.5) is 0 Å². The van der Waals surface area contributed by atoms with E-state index in [-0.39, 0.29) is 18.4 Å². The van der Waals surface area contributed by atoms with Gasteiger partial charge in [0.25, 0.3) is 0 Å². The molecule has 25 heavy (non-hydrogen) atoms. The normalized spacial score (nSPS) is 25.3. The molecule has 0 amide bonds. The third-order valence-corrected chi connectivity index (χ3v) is 7.34. The van der Waals surface area contributed by atoms with Gasteiger partial charge in [0.15, 0.2) is 0 Å². The van der Waals surface area contributed by atoms with Gasteiger partial charge < -0.3 is 0 Å². The maximum Gasteiger partial charge on any atom is 0.243 e. The topological polar surface area (TPSA) is 40.6 Å². The number of nitrogens with zero attached hydrogens (tertiary/aromatic N) is 2. The summed E-state index contributed by atoms with van der Waals surface area (Å²) < 4.78 is 27.3. The van der Waals surface area contributed by atoms with Crippen molar-refractivity contribution in [3.05, 3.63) is 42.0 Å². The van der Waals surface area contributed by atoms with Crippen LogP contribution in [-0.2, 0) is 10.0 Å². The van der Waals surface area contributed by atoms with E-state index in [4.69, 9.17) is 0 Å². The van der Waals surface area contributed by atoms with Crippen molar-refractivity contribution in [2.75, 3.05) is 20.1 Å². The van der Waals surface area contributed by atoms with E-state index in [0.29, 0.717) is 10.9 Å². The van der Waals surface area contributed by atoms with Gasteiger partial charge in [-0.25, -0.2) is 8.42 Å². The summed E-state index contributed by atoms with van der Waals surface area (Å²) in [6.45, 7) is 6.48. The number of sulfonamides is 1. The number of aryl methyl sites for hydroxylation is 1. The van der Waals surface area contributed by atoms with Gasteiger partial charge in [0.2, 0.25) is 10.0 Å². The van der Waals surface area contributed by atoms with Crippen LogP contribution in [0.2, 0.25) is 0 Å². The number of benzene rings is 1.